The quantitative estimate of drug-likeness (QED) is 0.820. The first-order chi connectivity index (χ1) is 11.5. The molecule has 3 rings (SSSR count). The molecule has 0 saturated carbocycles. The maximum atomic E-state index is 12.4. The average molecular weight is 330 g/mol. The second kappa shape index (κ2) is 7.17. The van der Waals surface area contributed by atoms with Crippen molar-refractivity contribution in [3.05, 3.63) is 35.4 Å². The molecule has 7 heteroatoms. The number of aromatic nitrogens is 4. The molecule has 1 aliphatic heterocycles. The summed E-state index contributed by atoms with van der Waals surface area (Å²) in [5.41, 5.74) is 3.48. The highest BCUT2D eigenvalue weighted by Gasteiger charge is 2.21. The summed E-state index contributed by atoms with van der Waals surface area (Å²) in [6, 6.07) is 0. The first-order valence-corrected chi connectivity index (χ1v) is 8.49. The van der Waals surface area contributed by atoms with E-state index < -0.39 is 0 Å². The number of piperazine rings is 1. The number of aryl methyl sites for hydroxylation is 4. The van der Waals surface area contributed by atoms with Gasteiger partial charge in [-0.25, -0.2) is 0 Å². The van der Waals surface area contributed by atoms with Crippen LogP contribution in [-0.4, -0.2) is 61.4 Å². The Morgan fingerprint density at radius 1 is 1.17 bits per heavy atom. The number of carbonyl (C=O) groups is 1. The Hall–Kier alpha value is -2.15. The maximum absolute atomic E-state index is 12.4. The van der Waals surface area contributed by atoms with Crippen LogP contribution in [0.4, 0.5) is 0 Å². The molecule has 0 unspecified atom stereocenters. The second-order valence-corrected chi connectivity index (χ2v) is 6.60. The topological polar surface area (TPSA) is 59.2 Å². The normalized spacial score (nSPS) is 15.9. The van der Waals surface area contributed by atoms with E-state index in [9.17, 15) is 4.79 Å². The number of hydrogen-bond acceptors (Lipinski definition) is 4. The van der Waals surface area contributed by atoms with Crippen molar-refractivity contribution in [3.63, 3.8) is 0 Å². The number of hydrogen-bond donors (Lipinski definition) is 0. The van der Waals surface area contributed by atoms with E-state index in [1.165, 1.54) is 5.56 Å². The van der Waals surface area contributed by atoms with Crippen molar-refractivity contribution in [3.8, 4) is 0 Å². The zero-order valence-electron chi connectivity index (χ0n) is 14.8. The van der Waals surface area contributed by atoms with Gasteiger partial charge < -0.3 is 4.90 Å². The fourth-order valence-corrected chi connectivity index (χ4v) is 3.16. The van der Waals surface area contributed by atoms with E-state index in [0.717, 1.165) is 44.0 Å². The molecule has 0 spiro atoms. The summed E-state index contributed by atoms with van der Waals surface area (Å²) in [5, 5.41) is 8.62. The van der Waals surface area contributed by atoms with Gasteiger partial charge in [-0.1, -0.05) is 0 Å². The van der Waals surface area contributed by atoms with Gasteiger partial charge in [0, 0.05) is 70.7 Å². The number of nitrogens with zero attached hydrogens (tertiary/aromatic N) is 6. The van der Waals surface area contributed by atoms with Gasteiger partial charge in [0.1, 0.15) is 0 Å². The predicted octanol–water partition coefficient (Wildman–Crippen LogP) is 0.968. The molecular formula is C17H26N6O. The lowest BCUT2D eigenvalue weighted by Gasteiger charge is -2.34. The third kappa shape index (κ3) is 4.03. The van der Waals surface area contributed by atoms with Crippen molar-refractivity contribution >= 4 is 5.91 Å². The van der Waals surface area contributed by atoms with E-state index in [2.05, 4.69) is 21.3 Å². The highest BCUT2D eigenvalue weighted by atomic mass is 16.2. The van der Waals surface area contributed by atoms with Crippen LogP contribution in [0.3, 0.4) is 0 Å². The van der Waals surface area contributed by atoms with Gasteiger partial charge in [-0.3, -0.25) is 19.1 Å². The van der Waals surface area contributed by atoms with Gasteiger partial charge in [-0.15, -0.1) is 0 Å². The Kier molecular flexibility index (Phi) is 4.99. The van der Waals surface area contributed by atoms with Gasteiger partial charge in [-0.2, -0.15) is 10.2 Å². The number of rotatable bonds is 5. The first-order valence-electron chi connectivity index (χ1n) is 8.49. The molecule has 2 aromatic heterocycles. The zero-order chi connectivity index (χ0) is 17.1. The van der Waals surface area contributed by atoms with Crippen LogP contribution in [0.15, 0.2) is 18.6 Å². The van der Waals surface area contributed by atoms with Crippen LogP contribution in [0.1, 0.15) is 23.2 Å². The lowest BCUT2D eigenvalue weighted by molar-refractivity contribution is -0.133. The van der Waals surface area contributed by atoms with Crippen LogP contribution in [0.2, 0.25) is 0 Å². The summed E-state index contributed by atoms with van der Waals surface area (Å²) in [4.78, 5) is 16.7. The fraction of sp³-hybridized carbons (Fsp3) is 0.588. The minimum atomic E-state index is 0.223. The van der Waals surface area contributed by atoms with Crippen molar-refractivity contribution in [2.75, 3.05) is 26.2 Å². The Morgan fingerprint density at radius 2 is 1.92 bits per heavy atom. The lowest BCUT2D eigenvalue weighted by Crippen LogP contribution is -2.48. The van der Waals surface area contributed by atoms with Crippen molar-refractivity contribution in [1.82, 2.24) is 29.4 Å². The fourth-order valence-electron chi connectivity index (χ4n) is 3.16. The van der Waals surface area contributed by atoms with Crippen LogP contribution < -0.4 is 0 Å². The SMILES string of the molecule is Cc1cnn(CCC(=O)N2CCN(Cc3cn(C)nc3C)CC2)c1. The molecule has 1 aliphatic rings. The molecule has 7 nitrogen and oxygen atoms in total. The molecule has 0 radical (unpaired) electrons. The van der Waals surface area contributed by atoms with Gasteiger partial charge in [0.15, 0.2) is 0 Å². The Balaban J connectivity index is 1.44. The smallest absolute Gasteiger partial charge is 0.224 e. The summed E-state index contributed by atoms with van der Waals surface area (Å²) >= 11 is 0. The Morgan fingerprint density at radius 3 is 2.50 bits per heavy atom. The second-order valence-electron chi connectivity index (χ2n) is 6.60. The van der Waals surface area contributed by atoms with Crippen LogP contribution >= 0.6 is 0 Å². The van der Waals surface area contributed by atoms with E-state index in [-0.39, 0.29) is 5.91 Å². The highest BCUT2D eigenvalue weighted by Crippen LogP contribution is 2.12. The minimum Gasteiger partial charge on any atom is -0.340 e. The highest BCUT2D eigenvalue weighted by molar-refractivity contribution is 5.76. The van der Waals surface area contributed by atoms with Crippen LogP contribution in [0.5, 0.6) is 0 Å². The number of amides is 1. The first kappa shape index (κ1) is 16.7. The van der Waals surface area contributed by atoms with Gasteiger partial charge in [-0.05, 0) is 19.4 Å². The van der Waals surface area contributed by atoms with Crippen LogP contribution in [0.25, 0.3) is 0 Å². The standard InChI is InChI=1S/C17H26N6O/c1-14-10-18-23(11-14)5-4-17(24)22-8-6-21(7-9-22)13-16-12-20(3)19-15(16)2/h10-12H,4-9,13H2,1-3H3. The van der Waals surface area contributed by atoms with Gasteiger partial charge in [0.05, 0.1) is 11.9 Å². The van der Waals surface area contributed by atoms with E-state index in [0.29, 0.717) is 13.0 Å². The third-order valence-corrected chi connectivity index (χ3v) is 4.55. The summed E-state index contributed by atoms with van der Waals surface area (Å²) in [7, 11) is 1.95. The Labute approximate surface area is 142 Å². The van der Waals surface area contributed by atoms with Gasteiger partial charge >= 0.3 is 0 Å². The third-order valence-electron chi connectivity index (χ3n) is 4.55. The molecule has 2 aromatic rings. The summed E-state index contributed by atoms with van der Waals surface area (Å²) in [5.74, 6) is 0.223. The molecule has 0 aliphatic carbocycles. The maximum Gasteiger partial charge on any atom is 0.224 e. The molecule has 130 valence electrons. The number of carbonyl (C=O) groups excluding carboxylic acids is 1. The average Bonchev–Trinajstić information content (AvgIpc) is 3.11. The Bertz CT molecular complexity index is 696. The largest absolute Gasteiger partial charge is 0.340 e. The van der Waals surface area contributed by atoms with E-state index in [4.69, 9.17) is 0 Å². The van der Waals surface area contributed by atoms with Crippen molar-refractivity contribution in [1.29, 1.82) is 0 Å². The summed E-state index contributed by atoms with van der Waals surface area (Å²) < 4.78 is 3.70. The molecular weight excluding hydrogens is 304 g/mol. The molecule has 0 aromatic carbocycles. The van der Waals surface area contributed by atoms with Gasteiger partial charge in [0.2, 0.25) is 5.91 Å². The molecule has 3 heterocycles. The molecule has 0 bridgehead atoms. The molecule has 24 heavy (non-hydrogen) atoms. The molecule has 1 fully saturated rings. The molecule has 0 N–H and O–H groups in total. The van der Waals surface area contributed by atoms with Crippen molar-refractivity contribution in [2.24, 2.45) is 7.05 Å². The molecule has 1 saturated heterocycles. The summed E-state index contributed by atoms with van der Waals surface area (Å²) in [6.07, 6.45) is 6.40. The minimum absolute atomic E-state index is 0.223. The van der Waals surface area contributed by atoms with E-state index in [1.807, 2.05) is 47.6 Å². The molecule has 0 atom stereocenters. The van der Waals surface area contributed by atoms with Crippen LogP contribution in [-0.2, 0) is 24.9 Å². The predicted molar refractivity (Wildman–Crippen MR) is 91.4 cm³/mol. The zero-order valence-corrected chi connectivity index (χ0v) is 14.8. The van der Waals surface area contributed by atoms with Crippen LogP contribution in [0, 0.1) is 13.8 Å². The van der Waals surface area contributed by atoms with E-state index >= 15 is 0 Å². The molecule has 1 amide bonds. The van der Waals surface area contributed by atoms with Crippen molar-refractivity contribution < 1.29 is 4.79 Å². The van der Waals surface area contributed by atoms with Gasteiger partial charge in [0.25, 0.3) is 0 Å². The van der Waals surface area contributed by atoms with Crippen molar-refractivity contribution in [2.45, 2.75) is 33.4 Å². The summed E-state index contributed by atoms with van der Waals surface area (Å²) in [6.45, 7) is 9.06. The monoisotopic (exact) mass is 330 g/mol. The lowest BCUT2D eigenvalue weighted by atomic mass is 10.2. The van der Waals surface area contributed by atoms with E-state index in [1.54, 1.807) is 0 Å².